The van der Waals surface area contributed by atoms with Gasteiger partial charge in [0.25, 0.3) is 11.8 Å². The van der Waals surface area contributed by atoms with Gasteiger partial charge in [0.15, 0.2) is 0 Å². The molecular weight excluding hydrogens is 387 g/mol. The first-order chi connectivity index (χ1) is 12.9. The van der Waals surface area contributed by atoms with E-state index in [0.717, 1.165) is 25.7 Å². The molecule has 6 nitrogen and oxygen atoms in total. The summed E-state index contributed by atoms with van der Waals surface area (Å²) in [4.78, 5) is 28.6. The molecule has 1 aromatic carbocycles. The van der Waals surface area contributed by atoms with E-state index in [1.165, 1.54) is 12.3 Å². The van der Waals surface area contributed by atoms with Crippen molar-refractivity contribution in [2.75, 3.05) is 5.32 Å². The maximum absolute atomic E-state index is 12.5. The van der Waals surface area contributed by atoms with E-state index in [1.54, 1.807) is 24.3 Å². The molecule has 0 aliphatic heterocycles. The lowest BCUT2D eigenvalue weighted by atomic mass is 9.91. The molecule has 1 aliphatic carbocycles. The second-order valence-corrected chi connectivity index (χ2v) is 7.40. The minimum atomic E-state index is -0.342. The Morgan fingerprint density at radius 2 is 1.78 bits per heavy atom. The molecule has 1 aliphatic rings. The van der Waals surface area contributed by atoms with Gasteiger partial charge in [-0.05, 0) is 56.0 Å². The predicted octanol–water partition coefficient (Wildman–Crippen LogP) is 3.64. The van der Waals surface area contributed by atoms with E-state index in [0.29, 0.717) is 22.0 Å². The van der Waals surface area contributed by atoms with Crippen LogP contribution in [-0.4, -0.2) is 28.9 Å². The van der Waals surface area contributed by atoms with Crippen LogP contribution in [0.15, 0.2) is 36.5 Å². The Morgan fingerprint density at radius 1 is 1.04 bits per heavy atom. The molecule has 0 bridgehead atoms. The highest BCUT2D eigenvalue weighted by atomic mass is 35.5. The van der Waals surface area contributed by atoms with Crippen LogP contribution in [-0.2, 0) is 0 Å². The summed E-state index contributed by atoms with van der Waals surface area (Å²) in [6, 6.07) is 8.24. The molecular formula is C19H20Cl2N4O2. The number of aromatic nitrogens is 1. The van der Waals surface area contributed by atoms with Crippen molar-refractivity contribution in [3.63, 3.8) is 0 Å². The van der Waals surface area contributed by atoms with E-state index >= 15 is 0 Å². The molecule has 27 heavy (non-hydrogen) atoms. The molecule has 1 heterocycles. The molecule has 2 aromatic rings. The predicted molar refractivity (Wildman–Crippen MR) is 106 cm³/mol. The fourth-order valence-corrected chi connectivity index (χ4v) is 3.40. The summed E-state index contributed by atoms with van der Waals surface area (Å²) in [6.45, 7) is 0. The van der Waals surface area contributed by atoms with Crippen molar-refractivity contribution in [1.82, 2.24) is 10.3 Å². The molecule has 1 fully saturated rings. The Bertz CT molecular complexity index is 834. The summed E-state index contributed by atoms with van der Waals surface area (Å²) >= 11 is 12.0. The van der Waals surface area contributed by atoms with Gasteiger partial charge in [0, 0.05) is 24.0 Å². The van der Waals surface area contributed by atoms with Crippen LogP contribution in [0.25, 0.3) is 0 Å². The lowest BCUT2D eigenvalue weighted by molar-refractivity contribution is 0.0925. The summed E-state index contributed by atoms with van der Waals surface area (Å²) in [7, 11) is 0. The summed E-state index contributed by atoms with van der Waals surface area (Å²) in [5, 5.41) is 6.30. The van der Waals surface area contributed by atoms with Crippen molar-refractivity contribution in [2.45, 2.75) is 37.8 Å². The topological polar surface area (TPSA) is 97.1 Å². The fourth-order valence-electron chi connectivity index (χ4n) is 3.02. The van der Waals surface area contributed by atoms with Gasteiger partial charge < -0.3 is 16.4 Å². The van der Waals surface area contributed by atoms with Crippen LogP contribution >= 0.6 is 23.2 Å². The van der Waals surface area contributed by atoms with Gasteiger partial charge in [0.2, 0.25) is 0 Å². The largest absolute Gasteiger partial charge is 0.349 e. The van der Waals surface area contributed by atoms with Crippen molar-refractivity contribution in [2.24, 2.45) is 5.73 Å². The average molecular weight is 407 g/mol. The van der Waals surface area contributed by atoms with Crippen LogP contribution in [0.2, 0.25) is 10.2 Å². The number of anilines is 1. The monoisotopic (exact) mass is 406 g/mol. The Kier molecular flexibility index (Phi) is 6.31. The molecule has 1 saturated carbocycles. The first-order valence-electron chi connectivity index (χ1n) is 8.71. The number of rotatable bonds is 4. The van der Waals surface area contributed by atoms with Crippen molar-refractivity contribution >= 4 is 40.7 Å². The zero-order valence-corrected chi connectivity index (χ0v) is 16.1. The number of carbonyl (C=O) groups excluding carboxylic acids is 2. The van der Waals surface area contributed by atoms with E-state index in [4.69, 9.17) is 28.9 Å². The normalized spacial score (nSPS) is 19.4. The molecule has 0 saturated heterocycles. The van der Waals surface area contributed by atoms with E-state index in [-0.39, 0.29) is 28.9 Å². The fraction of sp³-hybridized carbons (Fsp3) is 0.316. The van der Waals surface area contributed by atoms with Gasteiger partial charge in [0.05, 0.1) is 16.1 Å². The lowest BCUT2D eigenvalue weighted by Crippen LogP contribution is -2.40. The van der Waals surface area contributed by atoms with Crippen LogP contribution in [0.5, 0.6) is 0 Å². The molecule has 0 spiro atoms. The van der Waals surface area contributed by atoms with E-state index in [2.05, 4.69) is 15.6 Å². The summed E-state index contributed by atoms with van der Waals surface area (Å²) < 4.78 is 0. The van der Waals surface area contributed by atoms with E-state index < -0.39 is 0 Å². The highest BCUT2D eigenvalue weighted by Gasteiger charge is 2.21. The van der Waals surface area contributed by atoms with Gasteiger partial charge in [0.1, 0.15) is 5.15 Å². The van der Waals surface area contributed by atoms with E-state index in [1.807, 2.05) is 0 Å². The van der Waals surface area contributed by atoms with Crippen molar-refractivity contribution in [3.05, 3.63) is 57.8 Å². The summed E-state index contributed by atoms with van der Waals surface area (Å²) in [5.74, 6) is -0.564. The Morgan fingerprint density at radius 3 is 2.41 bits per heavy atom. The van der Waals surface area contributed by atoms with Gasteiger partial charge in [-0.15, -0.1) is 0 Å². The van der Waals surface area contributed by atoms with Crippen LogP contribution in [0.1, 0.15) is 46.4 Å². The molecule has 1 aromatic heterocycles. The average Bonchev–Trinajstić information content (AvgIpc) is 2.64. The Balaban J connectivity index is 1.63. The number of halogens is 2. The van der Waals surface area contributed by atoms with Gasteiger partial charge in [-0.1, -0.05) is 23.2 Å². The summed E-state index contributed by atoms with van der Waals surface area (Å²) in [6.07, 6.45) is 4.94. The smallest absolute Gasteiger partial charge is 0.257 e. The van der Waals surface area contributed by atoms with E-state index in [9.17, 15) is 9.59 Å². The third-order valence-electron chi connectivity index (χ3n) is 4.57. The first kappa shape index (κ1) is 19.6. The van der Waals surface area contributed by atoms with Crippen molar-refractivity contribution < 1.29 is 9.59 Å². The Labute approximate surface area is 167 Å². The highest BCUT2D eigenvalue weighted by molar-refractivity contribution is 6.34. The van der Waals surface area contributed by atoms with Crippen LogP contribution in [0, 0.1) is 0 Å². The zero-order chi connectivity index (χ0) is 19.4. The number of benzene rings is 1. The molecule has 3 rings (SSSR count). The third kappa shape index (κ3) is 5.19. The number of carbonyl (C=O) groups is 2. The number of amides is 2. The molecule has 0 unspecified atom stereocenters. The quantitative estimate of drug-likeness (QED) is 0.674. The van der Waals surface area contributed by atoms with Gasteiger partial charge in [-0.2, -0.15) is 0 Å². The standard InChI is InChI=1S/C19H20Cl2N4O2/c20-16-9-14(25-18(26)11-1-8-17(21)23-10-11)6-7-15(16)19(27)24-13-4-2-12(22)3-5-13/h1,6-10,12-13H,2-5,22H2,(H,24,27)(H,25,26). The van der Waals surface area contributed by atoms with Crippen LogP contribution in [0.3, 0.4) is 0 Å². The van der Waals surface area contributed by atoms with Gasteiger partial charge >= 0.3 is 0 Å². The Hall–Kier alpha value is -2.15. The number of nitrogens with two attached hydrogens (primary N) is 1. The highest BCUT2D eigenvalue weighted by Crippen LogP contribution is 2.23. The molecule has 0 atom stereocenters. The van der Waals surface area contributed by atoms with Gasteiger partial charge in [-0.3, -0.25) is 9.59 Å². The molecule has 0 radical (unpaired) electrons. The van der Waals surface area contributed by atoms with Crippen molar-refractivity contribution in [3.8, 4) is 0 Å². The molecule has 2 amide bonds. The number of hydrogen-bond donors (Lipinski definition) is 3. The van der Waals surface area contributed by atoms with Crippen LogP contribution < -0.4 is 16.4 Å². The second-order valence-electron chi connectivity index (χ2n) is 6.60. The number of nitrogens with one attached hydrogen (secondary N) is 2. The van der Waals surface area contributed by atoms with Crippen LogP contribution in [0.4, 0.5) is 5.69 Å². The number of nitrogens with zero attached hydrogens (tertiary/aromatic N) is 1. The minimum Gasteiger partial charge on any atom is -0.349 e. The second kappa shape index (κ2) is 8.69. The van der Waals surface area contributed by atoms with Crippen molar-refractivity contribution in [1.29, 1.82) is 0 Å². The number of pyridine rings is 1. The third-order valence-corrected chi connectivity index (χ3v) is 5.10. The summed E-state index contributed by atoms with van der Waals surface area (Å²) in [5.41, 5.74) is 7.12. The maximum atomic E-state index is 12.5. The number of hydrogen-bond acceptors (Lipinski definition) is 4. The maximum Gasteiger partial charge on any atom is 0.257 e. The minimum absolute atomic E-state index is 0.116. The SMILES string of the molecule is NC1CCC(NC(=O)c2ccc(NC(=O)c3ccc(Cl)nc3)cc2Cl)CC1. The molecule has 142 valence electrons. The van der Waals surface area contributed by atoms with Gasteiger partial charge in [-0.25, -0.2) is 4.98 Å². The molecule has 8 heteroatoms. The zero-order valence-electron chi connectivity index (χ0n) is 14.5. The molecule has 4 N–H and O–H groups in total. The first-order valence-corrected chi connectivity index (χ1v) is 9.47. The lowest BCUT2D eigenvalue weighted by Gasteiger charge is -2.27.